The maximum absolute atomic E-state index is 8.96. The minimum absolute atomic E-state index is 0.563. The average molecular weight is 303 g/mol. The van der Waals surface area contributed by atoms with Crippen molar-refractivity contribution in [3.8, 4) is 6.07 Å². The van der Waals surface area contributed by atoms with Gasteiger partial charge in [0.25, 0.3) is 0 Å². The van der Waals surface area contributed by atoms with Crippen molar-refractivity contribution in [1.82, 2.24) is 4.98 Å². The summed E-state index contributed by atoms with van der Waals surface area (Å²) in [5.74, 6) is 0.812. The molecule has 0 N–H and O–H groups in total. The first-order valence-electron chi connectivity index (χ1n) is 7.43. The molecule has 0 bridgehead atoms. The van der Waals surface area contributed by atoms with Crippen LogP contribution < -0.4 is 4.90 Å². The molecule has 0 unspecified atom stereocenters. The van der Waals surface area contributed by atoms with Crippen molar-refractivity contribution < 1.29 is 4.42 Å². The Labute approximate surface area is 135 Å². The predicted octanol–water partition coefficient (Wildman–Crippen LogP) is 4.50. The predicted molar refractivity (Wildman–Crippen MR) is 89.4 cm³/mol. The van der Waals surface area contributed by atoms with E-state index in [0.717, 1.165) is 22.7 Å². The van der Waals surface area contributed by atoms with Crippen molar-refractivity contribution in [2.75, 3.05) is 4.90 Å². The number of hydrogen-bond donors (Lipinski definition) is 0. The molecule has 4 heteroatoms. The highest BCUT2D eigenvalue weighted by Crippen LogP contribution is 2.28. The highest BCUT2D eigenvalue weighted by molar-refractivity contribution is 5.58. The van der Waals surface area contributed by atoms with Gasteiger partial charge in [0, 0.05) is 5.69 Å². The van der Waals surface area contributed by atoms with Crippen LogP contribution in [-0.2, 0) is 6.54 Å². The number of rotatable bonds is 4. The minimum Gasteiger partial charge on any atom is -0.428 e. The molecule has 0 radical (unpaired) electrons. The summed E-state index contributed by atoms with van der Waals surface area (Å²) in [4.78, 5) is 6.53. The molecule has 0 amide bonds. The van der Waals surface area contributed by atoms with Crippen LogP contribution in [0.5, 0.6) is 0 Å². The maximum Gasteiger partial charge on any atom is 0.302 e. The molecule has 1 aromatic heterocycles. The number of anilines is 2. The zero-order valence-electron chi connectivity index (χ0n) is 13.2. The Bertz CT molecular complexity index is 810. The van der Waals surface area contributed by atoms with E-state index in [4.69, 9.17) is 9.68 Å². The molecule has 0 atom stereocenters. The number of aryl methyl sites for hydroxylation is 2. The van der Waals surface area contributed by atoms with Crippen molar-refractivity contribution in [3.05, 3.63) is 77.2 Å². The average Bonchev–Trinajstić information content (AvgIpc) is 2.92. The lowest BCUT2D eigenvalue weighted by Crippen LogP contribution is -2.16. The monoisotopic (exact) mass is 303 g/mol. The van der Waals surface area contributed by atoms with Crippen LogP contribution in [0.25, 0.3) is 0 Å². The van der Waals surface area contributed by atoms with Gasteiger partial charge in [0.15, 0.2) is 0 Å². The zero-order valence-corrected chi connectivity index (χ0v) is 13.2. The first-order chi connectivity index (χ1) is 11.2. The second-order valence-corrected chi connectivity index (χ2v) is 5.37. The van der Waals surface area contributed by atoms with E-state index < -0.39 is 0 Å². The molecule has 0 spiro atoms. The van der Waals surface area contributed by atoms with Crippen molar-refractivity contribution >= 4 is 11.7 Å². The van der Waals surface area contributed by atoms with E-state index in [2.05, 4.69) is 23.2 Å². The molecule has 2 aromatic carbocycles. The minimum atomic E-state index is 0.563. The summed E-state index contributed by atoms with van der Waals surface area (Å²) in [6.45, 7) is 4.49. The Balaban J connectivity index is 2.00. The largest absolute Gasteiger partial charge is 0.428 e. The first kappa shape index (κ1) is 14.9. The van der Waals surface area contributed by atoms with Crippen LogP contribution in [0.15, 0.2) is 59.0 Å². The lowest BCUT2D eigenvalue weighted by Gasteiger charge is -2.21. The Morgan fingerprint density at radius 1 is 1.04 bits per heavy atom. The van der Waals surface area contributed by atoms with Gasteiger partial charge in [-0.25, -0.2) is 0 Å². The quantitative estimate of drug-likeness (QED) is 0.712. The molecule has 114 valence electrons. The summed E-state index contributed by atoms with van der Waals surface area (Å²) in [5.41, 5.74) is 3.61. The van der Waals surface area contributed by atoms with Gasteiger partial charge in [-0.15, -0.1) is 0 Å². The number of nitrogens with zero attached hydrogens (tertiary/aromatic N) is 3. The normalized spacial score (nSPS) is 10.3. The van der Waals surface area contributed by atoms with E-state index >= 15 is 0 Å². The fourth-order valence-corrected chi connectivity index (χ4v) is 2.32. The molecule has 0 aliphatic heterocycles. The number of benzene rings is 2. The Hall–Kier alpha value is -3.06. The van der Waals surface area contributed by atoms with Crippen LogP contribution in [0.2, 0.25) is 0 Å². The third kappa shape index (κ3) is 3.24. The molecule has 0 saturated carbocycles. The maximum atomic E-state index is 8.96. The van der Waals surface area contributed by atoms with E-state index in [0.29, 0.717) is 18.1 Å². The lowest BCUT2D eigenvalue weighted by atomic mass is 10.2. The molecular formula is C19H17N3O. The molecular weight excluding hydrogens is 286 g/mol. The van der Waals surface area contributed by atoms with Gasteiger partial charge < -0.3 is 4.42 Å². The Morgan fingerprint density at radius 2 is 1.74 bits per heavy atom. The van der Waals surface area contributed by atoms with Gasteiger partial charge in [0.1, 0.15) is 5.76 Å². The smallest absolute Gasteiger partial charge is 0.302 e. The summed E-state index contributed by atoms with van der Waals surface area (Å²) in [7, 11) is 0. The first-order valence-corrected chi connectivity index (χ1v) is 7.43. The highest BCUT2D eigenvalue weighted by Gasteiger charge is 2.17. The van der Waals surface area contributed by atoms with E-state index in [-0.39, 0.29) is 0 Å². The van der Waals surface area contributed by atoms with Crippen molar-refractivity contribution in [2.45, 2.75) is 20.4 Å². The van der Waals surface area contributed by atoms with Gasteiger partial charge in [-0.1, -0.05) is 30.3 Å². The summed E-state index contributed by atoms with van der Waals surface area (Å²) >= 11 is 0. The van der Waals surface area contributed by atoms with Crippen LogP contribution in [0.3, 0.4) is 0 Å². The molecule has 4 nitrogen and oxygen atoms in total. The van der Waals surface area contributed by atoms with Crippen molar-refractivity contribution in [1.29, 1.82) is 5.26 Å². The second-order valence-electron chi connectivity index (χ2n) is 5.37. The van der Waals surface area contributed by atoms with E-state index in [1.54, 1.807) is 12.1 Å². The van der Waals surface area contributed by atoms with Gasteiger partial charge in [-0.2, -0.15) is 10.2 Å². The van der Waals surface area contributed by atoms with E-state index in [9.17, 15) is 0 Å². The molecule has 23 heavy (non-hydrogen) atoms. The molecule has 0 aliphatic carbocycles. The Kier molecular flexibility index (Phi) is 4.11. The zero-order chi connectivity index (χ0) is 16.2. The summed E-state index contributed by atoms with van der Waals surface area (Å²) in [5, 5.41) is 8.96. The van der Waals surface area contributed by atoms with Crippen LogP contribution in [0.1, 0.15) is 22.6 Å². The fraction of sp³-hybridized carbons (Fsp3) is 0.158. The summed E-state index contributed by atoms with van der Waals surface area (Å²) < 4.78 is 5.81. The van der Waals surface area contributed by atoms with Gasteiger partial charge in [-0.3, -0.25) is 4.90 Å². The van der Waals surface area contributed by atoms with Gasteiger partial charge in [-0.05, 0) is 43.7 Å². The third-order valence-corrected chi connectivity index (χ3v) is 3.74. The van der Waals surface area contributed by atoms with Crippen molar-refractivity contribution in [3.63, 3.8) is 0 Å². The van der Waals surface area contributed by atoms with Gasteiger partial charge in [0.05, 0.1) is 23.9 Å². The fourth-order valence-electron chi connectivity index (χ4n) is 2.32. The molecule has 0 aliphatic rings. The van der Waals surface area contributed by atoms with Crippen LogP contribution in [0, 0.1) is 25.2 Å². The number of oxazole rings is 1. The lowest BCUT2D eigenvalue weighted by molar-refractivity contribution is 0.522. The Morgan fingerprint density at radius 3 is 2.30 bits per heavy atom. The topological polar surface area (TPSA) is 53.1 Å². The van der Waals surface area contributed by atoms with Crippen molar-refractivity contribution in [2.24, 2.45) is 0 Å². The SMILES string of the molecule is Cc1nc(N(Cc2ccccc2)c2ccc(C#N)cc2)oc1C. The summed E-state index contributed by atoms with van der Waals surface area (Å²) in [6.07, 6.45) is 0. The molecule has 0 saturated heterocycles. The highest BCUT2D eigenvalue weighted by atomic mass is 16.4. The number of aromatic nitrogens is 1. The van der Waals surface area contributed by atoms with E-state index in [1.807, 2.05) is 49.1 Å². The molecule has 0 fully saturated rings. The van der Waals surface area contributed by atoms with Crippen LogP contribution in [0.4, 0.5) is 11.7 Å². The van der Waals surface area contributed by atoms with Crippen LogP contribution >= 0.6 is 0 Å². The summed E-state index contributed by atoms with van der Waals surface area (Å²) in [6, 6.07) is 20.3. The number of nitriles is 1. The standard InChI is InChI=1S/C19H17N3O/c1-14-15(2)23-19(21-14)22(13-17-6-4-3-5-7-17)18-10-8-16(12-20)9-11-18/h3-11H,13H2,1-2H3. The van der Waals surface area contributed by atoms with Crippen LogP contribution in [-0.4, -0.2) is 4.98 Å². The van der Waals surface area contributed by atoms with Gasteiger partial charge >= 0.3 is 6.01 Å². The molecule has 3 aromatic rings. The molecule has 1 heterocycles. The van der Waals surface area contributed by atoms with E-state index in [1.165, 1.54) is 0 Å². The second kappa shape index (κ2) is 6.37. The third-order valence-electron chi connectivity index (χ3n) is 3.74. The van der Waals surface area contributed by atoms with Gasteiger partial charge in [0.2, 0.25) is 0 Å². The molecule has 3 rings (SSSR count). The number of hydrogen-bond acceptors (Lipinski definition) is 4.